The Hall–Kier alpha value is -1.92. The van der Waals surface area contributed by atoms with Crippen molar-refractivity contribution >= 4 is 11.9 Å². The minimum atomic E-state index is -0.972. The number of carbonyl (C=O) groups is 2. The third-order valence-corrected chi connectivity index (χ3v) is 2.42. The maximum absolute atomic E-state index is 11.8. The van der Waals surface area contributed by atoms with Gasteiger partial charge in [-0.2, -0.15) is 5.10 Å². The fraction of sp³-hybridized carbons (Fsp3) is 0.500. The van der Waals surface area contributed by atoms with Gasteiger partial charge in [0.1, 0.15) is 12.4 Å². The van der Waals surface area contributed by atoms with Crippen molar-refractivity contribution in [2.75, 3.05) is 6.54 Å². The molecule has 0 saturated carbocycles. The monoisotopic (exact) mass is 210 g/mol. The van der Waals surface area contributed by atoms with Crippen molar-refractivity contribution in [2.24, 2.45) is 0 Å². The molecule has 0 aromatic carbocycles. The number of nitrogens with one attached hydrogen (secondary N) is 1. The van der Waals surface area contributed by atoms with Crippen LogP contribution in [0.3, 0.4) is 0 Å². The largest absolute Gasteiger partial charge is 0.480 e. The van der Waals surface area contributed by atoms with Crippen LogP contribution in [0.2, 0.25) is 0 Å². The van der Waals surface area contributed by atoms with E-state index in [-0.39, 0.29) is 5.82 Å². The number of hydrogen-bond donors (Lipinski definition) is 2. The number of carboxylic acids is 1. The van der Waals surface area contributed by atoms with Gasteiger partial charge in [-0.15, -0.1) is 0 Å². The molecule has 0 radical (unpaired) electrons. The highest BCUT2D eigenvalue weighted by Crippen LogP contribution is 2.18. The molecule has 2 rings (SSSR count). The van der Waals surface area contributed by atoms with E-state index in [1.807, 2.05) is 0 Å². The average molecular weight is 210 g/mol. The zero-order valence-electron chi connectivity index (χ0n) is 7.88. The van der Waals surface area contributed by atoms with Gasteiger partial charge in [-0.3, -0.25) is 9.89 Å². The first-order valence-corrected chi connectivity index (χ1v) is 4.59. The zero-order valence-corrected chi connectivity index (χ0v) is 7.88. The van der Waals surface area contributed by atoms with Gasteiger partial charge in [-0.05, 0) is 12.8 Å². The Bertz CT molecular complexity index is 375. The number of H-pyrrole nitrogens is 1. The lowest BCUT2D eigenvalue weighted by Gasteiger charge is -2.19. The van der Waals surface area contributed by atoms with Gasteiger partial charge in [0.2, 0.25) is 5.82 Å². The Morgan fingerprint density at radius 2 is 2.40 bits per heavy atom. The molecule has 1 amide bonds. The maximum Gasteiger partial charge on any atom is 0.326 e. The Morgan fingerprint density at radius 3 is 3.00 bits per heavy atom. The summed E-state index contributed by atoms with van der Waals surface area (Å²) in [5.41, 5.74) is 0. The first-order valence-electron chi connectivity index (χ1n) is 4.59. The van der Waals surface area contributed by atoms with E-state index in [9.17, 15) is 9.59 Å². The Kier molecular flexibility index (Phi) is 2.36. The van der Waals surface area contributed by atoms with Crippen molar-refractivity contribution < 1.29 is 14.7 Å². The van der Waals surface area contributed by atoms with Crippen molar-refractivity contribution in [2.45, 2.75) is 18.9 Å². The highest BCUT2D eigenvalue weighted by molar-refractivity contribution is 5.93. The third kappa shape index (κ3) is 1.67. The fourth-order valence-electron chi connectivity index (χ4n) is 1.71. The van der Waals surface area contributed by atoms with Gasteiger partial charge in [0.25, 0.3) is 5.91 Å². The average Bonchev–Trinajstić information content (AvgIpc) is 2.88. The van der Waals surface area contributed by atoms with Crippen molar-refractivity contribution in [1.29, 1.82) is 0 Å². The second kappa shape index (κ2) is 3.68. The molecule has 1 saturated heterocycles. The van der Waals surface area contributed by atoms with E-state index >= 15 is 0 Å². The molecule has 80 valence electrons. The summed E-state index contributed by atoms with van der Waals surface area (Å²) in [5.74, 6) is -1.29. The van der Waals surface area contributed by atoms with Crippen molar-refractivity contribution in [3.05, 3.63) is 12.2 Å². The number of amides is 1. The molecule has 7 heteroatoms. The van der Waals surface area contributed by atoms with Crippen molar-refractivity contribution in [1.82, 2.24) is 20.1 Å². The summed E-state index contributed by atoms with van der Waals surface area (Å²) in [4.78, 5) is 27.6. The molecule has 1 aliphatic heterocycles. The molecule has 0 bridgehead atoms. The lowest BCUT2D eigenvalue weighted by molar-refractivity contribution is -0.141. The smallest absolute Gasteiger partial charge is 0.326 e. The van der Waals surface area contributed by atoms with Crippen LogP contribution in [0.15, 0.2) is 6.33 Å². The van der Waals surface area contributed by atoms with Crippen molar-refractivity contribution in [3.63, 3.8) is 0 Å². The molecule has 2 heterocycles. The van der Waals surface area contributed by atoms with Crippen LogP contribution in [-0.2, 0) is 4.79 Å². The predicted octanol–water partition coefficient (Wildman–Crippen LogP) is -0.506. The molecule has 1 atom stereocenters. The summed E-state index contributed by atoms with van der Waals surface area (Å²) in [5, 5.41) is 14.9. The molecule has 7 nitrogen and oxygen atoms in total. The van der Waals surface area contributed by atoms with Crippen LogP contribution in [0.5, 0.6) is 0 Å². The molecule has 0 spiro atoms. The summed E-state index contributed by atoms with van der Waals surface area (Å²) in [6.07, 6.45) is 2.42. The summed E-state index contributed by atoms with van der Waals surface area (Å²) < 4.78 is 0. The molecule has 1 aliphatic rings. The van der Waals surface area contributed by atoms with Crippen LogP contribution < -0.4 is 0 Å². The molecular formula is C8H10N4O3. The number of carbonyl (C=O) groups excluding carboxylic acids is 1. The molecule has 1 aromatic rings. The molecule has 1 aromatic heterocycles. The summed E-state index contributed by atoms with van der Waals surface area (Å²) in [7, 11) is 0. The fourth-order valence-corrected chi connectivity index (χ4v) is 1.71. The Morgan fingerprint density at radius 1 is 1.60 bits per heavy atom. The highest BCUT2D eigenvalue weighted by atomic mass is 16.4. The quantitative estimate of drug-likeness (QED) is 0.685. The first kappa shape index (κ1) is 9.63. The Balaban J connectivity index is 2.17. The van der Waals surface area contributed by atoms with Crippen LogP contribution in [0.4, 0.5) is 0 Å². The molecule has 0 unspecified atom stereocenters. The lowest BCUT2D eigenvalue weighted by atomic mass is 10.2. The summed E-state index contributed by atoms with van der Waals surface area (Å²) in [6, 6.07) is -0.734. The van der Waals surface area contributed by atoms with E-state index in [1.54, 1.807) is 0 Å². The predicted molar refractivity (Wildman–Crippen MR) is 48.1 cm³/mol. The molecular weight excluding hydrogens is 200 g/mol. The van der Waals surface area contributed by atoms with Crippen LogP contribution in [-0.4, -0.2) is 49.7 Å². The number of likely N-dealkylation sites (tertiary alicyclic amines) is 1. The number of nitrogens with zero attached hydrogens (tertiary/aromatic N) is 3. The second-order valence-corrected chi connectivity index (χ2v) is 3.33. The lowest BCUT2D eigenvalue weighted by Crippen LogP contribution is -2.40. The number of aromatic nitrogens is 3. The maximum atomic E-state index is 11.8. The van der Waals surface area contributed by atoms with Crippen molar-refractivity contribution in [3.8, 4) is 0 Å². The summed E-state index contributed by atoms with van der Waals surface area (Å²) >= 11 is 0. The van der Waals surface area contributed by atoms with Crippen LogP contribution in [0.1, 0.15) is 23.5 Å². The van der Waals surface area contributed by atoms with E-state index in [0.29, 0.717) is 19.4 Å². The van der Waals surface area contributed by atoms with Crippen LogP contribution in [0, 0.1) is 0 Å². The zero-order chi connectivity index (χ0) is 10.8. The SMILES string of the molecule is O=C(O)[C@@H]1CCCN1C(=O)c1ncn[nH]1. The van der Waals surface area contributed by atoms with E-state index in [4.69, 9.17) is 5.11 Å². The minimum absolute atomic E-state index is 0.0863. The molecule has 15 heavy (non-hydrogen) atoms. The van der Waals surface area contributed by atoms with E-state index in [1.165, 1.54) is 11.2 Å². The second-order valence-electron chi connectivity index (χ2n) is 3.33. The molecule has 2 N–H and O–H groups in total. The van der Waals surface area contributed by atoms with E-state index in [0.717, 1.165) is 0 Å². The van der Waals surface area contributed by atoms with Gasteiger partial charge in [0.05, 0.1) is 0 Å². The van der Waals surface area contributed by atoms with E-state index in [2.05, 4.69) is 15.2 Å². The van der Waals surface area contributed by atoms with Crippen LogP contribution in [0.25, 0.3) is 0 Å². The van der Waals surface area contributed by atoms with Gasteiger partial charge >= 0.3 is 5.97 Å². The highest BCUT2D eigenvalue weighted by Gasteiger charge is 2.35. The first-order chi connectivity index (χ1) is 7.20. The third-order valence-electron chi connectivity index (χ3n) is 2.42. The van der Waals surface area contributed by atoms with Crippen LogP contribution >= 0.6 is 0 Å². The number of aromatic amines is 1. The van der Waals surface area contributed by atoms with Gasteiger partial charge < -0.3 is 10.0 Å². The summed E-state index contributed by atoms with van der Waals surface area (Å²) in [6.45, 7) is 0.455. The molecule has 1 fully saturated rings. The Labute approximate surface area is 85.1 Å². The van der Waals surface area contributed by atoms with Gasteiger partial charge in [0, 0.05) is 6.54 Å². The topological polar surface area (TPSA) is 99.2 Å². The van der Waals surface area contributed by atoms with Gasteiger partial charge in [0.15, 0.2) is 0 Å². The normalized spacial score (nSPS) is 20.5. The minimum Gasteiger partial charge on any atom is -0.480 e. The van der Waals surface area contributed by atoms with Gasteiger partial charge in [-0.25, -0.2) is 9.78 Å². The number of hydrogen-bond acceptors (Lipinski definition) is 4. The number of rotatable bonds is 2. The van der Waals surface area contributed by atoms with Gasteiger partial charge in [-0.1, -0.05) is 0 Å². The number of aliphatic carboxylic acids is 1. The molecule has 0 aliphatic carbocycles. The standard InChI is InChI=1S/C8H10N4O3/c13-7(6-9-4-10-11-6)12-3-1-2-5(12)8(14)15/h4-5H,1-3H2,(H,14,15)(H,9,10,11)/t5-/m0/s1. The number of carboxylic acid groups (broad SMARTS) is 1. The van der Waals surface area contributed by atoms with E-state index < -0.39 is 17.9 Å².